The molecule has 2 fully saturated rings. The van der Waals surface area contributed by atoms with E-state index in [0.717, 1.165) is 49.8 Å². The summed E-state index contributed by atoms with van der Waals surface area (Å²) in [5.41, 5.74) is 2.10. The highest BCUT2D eigenvalue weighted by molar-refractivity contribution is 5.70. The van der Waals surface area contributed by atoms with E-state index in [0.29, 0.717) is 36.8 Å². The summed E-state index contributed by atoms with van der Waals surface area (Å²) in [6.07, 6.45) is 7.89. The number of ether oxygens (including phenoxy) is 3. The van der Waals surface area contributed by atoms with Crippen molar-refractivity contribution in [2.45, 2.75) is 77.0 Å². The van der Waals surface area contributed by atoms with Crippen LogP contribution in [0.1, 0.15) is 64.0 Å². The van der Waals surface area contributed by atoms with Crippen LogP contribution in [0.3, 0.4) is 0 Å². The van der Waals surface area contributed by atoms with Crippen LogP contribution in [0.5, 0.6) is 11.6 Å². The number of rotatable bonds is 10. The maximum Gasteiger partial charge on any atom is 0.410 e. The molecule has 0 radical (unpaired) electrons. The van der Waals surface area contributed by atoms with Crippen molar-refractivity contribution in [1.29, 1.82) is 0 Å². The highest BCUT2D eigenvalue weighted by atomic mass is 16.6. The van der Waals surface area contributed by atoms with Gasteiger partial charge in [0.05, 0.1) is 36.2 Å². The number of carbonyl (C=O) groups excluding carboxylic acids is 1. The van der Waals surface area contributed by atoms with Gasteiger partial charge in [-0.1, -0.05) is 6.92 Å². The number of amides is 1. The Balaban J connectivity index is 1.51. The summed E-state index contributed by atoms with van der Waals surface area (Å²) < 4.78 is 19.4. The topological polar surface area (TPSA) is 116 Å². The first-order valence-corrected chi connectivity index (χ1v) is 12.8. The van der Waals surface area contributed by atoms with E-state index in [1.807, 2.05) is 19.1 Å². The van der Waals surface area contributed by atoms with Crippen LogP contribution in [0.25, 0.3) is 11.3 Å². The zero-order valence-corrected chi connectivity index (χ0v) is 21.3. The fraction of sp³-hybridized carbons (Fsp3) is 0.615. The van der Waals surface area contributed by atoms with Crippen LogP contribution >= 0.6 is 0 Å². The van der Waals surface area contributed by atoms with E-state index in [1.165, 1.54) is 0 Å². The van der Waals surface area contributed by atoms with Gasteiger partial charge in [0, 0.05) is 25.7 Å². The van der Waals surface area contributed by atoms with Crippen molar-refractivity contribution in [3.63, 3.8) is 0 Å². The third-order valence-corrected chi connectivity index (χ3v) is 7.12. The summed E-state index contributed by atoms with van der Waals surface area (Å²) in [4.78, 5) is 30.3. The molecule has 1 unspecified atom stereocenters. The molecule has 1 N–H and O–H groups in total. The van der Waals surface area contributed by atoms with Crippen molar-refractivity contribution >= 4 is 12.1 Å². The number of pyridine rings is 1. The first kappa shape index (κ1) is 25.8. The third-order valence-electron chi connectivity index (χ3n) is 7.12. The monoisotopic (exact) mass is 500 g/mol. The molecule has 0 bridgehead atoms. The van der Waals surface area contributed by atoms with Gasteiger partial charge < -0.3 is 24.2 Å². The van der Waals surface area contributed by atoms with E-state index in [-0.39, 0.29) is 30.8 Å². The van der Waals surface area contributed by atoms with Gasteiger partial charge in [-0.05, 0) is 63.5 Å². The van der Waals surface area contributed by atoms with Crippen LogP contribution in [-0.2, 0) is 23.2 Å². The molecule has 0 spiro atoms. The number of hydrogen-bond donors (Lipinski definition) is 1. The number of hydrogen-bond acceptors (Lipinski definition) is 7. The van der Waals surface area contributed by atoms with Crippen molar-refractivity contribution < 1.29 is 28.9 Å². The van der Waals surface area contributed by atoms with Crippen molar-refractivity contribution in [1.82, 2.24) is 19.7 Å². The molecule has 2 aromatic heterocycles. The minimum Gasteiger partial charge on any atom is -0.485 e. The second-order valence-corrected chi connectivity index (χ2v) is 9.67. The largest absolute Gasteiger partial charge is 0.485 e. The van der Waals surface area contributed by atoms with Crippen LogP contribution in [-0.4, -0.2) is 62.6 Å². The second kappa shape index (κ2) is 11.6. The summed E-state index contributed by atoms with van der Waals surface area (Å²) in [5.74, 6) is -0.298. The normalized spacial score (nSPS) is 19.9. The summed E-state index contributed by atoms with van der Waals surface area (Å²) in [5, 5.41) is 13.8. The van der Waals surface area contributed by atoms with Gasteiger partial charge in [-0.25, -0.2) is 9.78 Å². The molecule has 2 heterocycles. The predicted octanol–water partition coefficient (Wildman–Crippen LogP) is 4.41. The van der Waals surface area contributed by atoms with Gasteiger partial charge in [0.2, 0.25) is 0 Å². The van der Waals surface area contributed by atoms with E-state index in [9.17, 15) is 14.7 Å². The Kier molecular flexibility index (Phi) is 8.32. The van der Waals surface area contributed by atoms with Gasteiger partial charge in [-0.3, -0.25) is 9.48 Å². The van der Waals surface area contributed by atoms with Crippen molar-refractivity contribution in [3.05, 3.63) is 24.0 Å². The van der Waals surface area contributed by atoms with Gasteiger partial charge in [0.1, 0.15) is 6.61 Å². The maximum absolute atomic E-state index is 12.5. The highest BCUT2D eigenvalue weighted by Gasteiger charge is 2.30. The molecule has 10 heteroatoms. The zero-order chi connectivity index (χ0) is 25.7. The quantitative estimate of drug-likeness (QED) is 0.510. The molecular formula is C26H36N4O6. The van der Waals surface area contributed by atoms with Gasteiger partial charge >= 0.3 is 12.1 Å². The molecular weight excluding hydrogens is 464 g/mol. The molecule has 196 valence electrons. The number of carbonyl (C=O) groups is 2. The summed E-state index contributed by atoms with van der Waals surface area (Å²) in [6, 6.07) is 3.89. The Morgan fingerprint density at radius 3 is 2.67 bits per heavy atom. The molecule has 2 aliphatic rings. The number of aryl methyl sites for hydroxylation is 1. The van der Waals surface area contributed by atoms with E-state index in [1.54, 1.807) is 29.9 Å². The lowest BCUT2D eigenvalue weighted by molar-refractivity contribution is -0.143. The number of aliphatic carboxylic acids is 1. The number of aromatic nitrogens is 3. The molecule has 0 aliphatic heterocycles. The van der Waals surface area contributed by atoms with Crippen molar-refractivity contribution in [2.75, 3.05) is 13.7 Å². The van der Waals surface area contributed by atoms with Gasteiger partial charge in [-0.2, -0.15) is 5.10 Å². The molecule has 10 nitrogen and oxygen atoms in total. The number of carboxylic acid groups (broad SMARTS) is 1. The second-order valence-electron chi connectivity index (χ2n) is 9.67. The SMILES string of the molecule is CCCOc1nc(-c2cnn(C)c2COC(=O)N(C)C2CCC2)ccc1OC1CCC[C@H](C(=O)O)C1. The molecule has 2 saturated carbocycles. The fourth-order valence-corrected chi connectivity index (χ4v) is 4.63. The first-order chi connectivity index (χ1) is 17.4. The smallest absolute Gasteiger partial charge is 0.410 e. The number of nitrogens with zero attached hydrogens (tertiary/aromatic N) is 4. The molecule has 36 heavy (non-hydrogen) atoms. The standard InChI is InChI=1S/C26H36N4O6/c1-4-13-34-24-23(36-19-10-5-7-17(14-19)25(31)32)12-11-21(28-24)20-15-27-30(3)22(20)16-35-26(33)29(2)18-8-6-9-18/h11-12,15,17-19H,4-10,13-14,16H2,1-3H3,(H,31,32)/t17-,19?/m0/s1. The lowest BCUT2D eigenvalue weighted by atomic mass is 9.87. The van der Waals surface area contributed by atoms with Crippen LogP contribution < -0.4 is 9.47 Å². The minimum atomic E-state index is -0.775. The molecule has 2 aliphatic carbocycles. The minimum absolute atomic E-state index is 0.0749. The van der Waals surface area contributed by atoms with E-state index < -0.39 is 5.97 Å². The molecule has 1 amide bonds. The molecule has 4 rings (SSSR count). The van der Waals surface area contributed by atoms with Gasteiger partial charge in [-0.15, -0.1) is 0 Å². The fourth-order valence-electron chi connectivity index (χ4n) is 4.63. The van der Waals surface area contributed by atoms with E-state index in [4.69, 9.17) is 19.2 Å². The van der Waals surface area contributed by atoms with Crippen LogP contribution in [0.15, 0.2) is 18.3 Å². The summed E-state index contributed by atoms with van der Waals surface area (Å²) >= 11 is 0. The first-order valence-electron chi connectivity index (χ1n) is 12.8. The summed E-state index contributed by atoms with van der Waals surface area (Å²) in [6.45, 7) is 2.56. The van der Waals surface area contributed by atoms with Gasteiger partial charge in [0.15, 0.2) is 5.75 Å². The average molecular weight is 501 g/mol. The Bertz CT molecular complexity index is 1070. The number of carboxylic acids is 1. The molecule has 2 aromatic rings. The Morgan fingerprint density at radius 1 is 1.19 bits per heavy atom. The maximum atomic E-state index is 12.5. The van der Waals surface area contributed by atoms with E-state index >= 15 is 0 Å². The molecule has 0 saturated heterocycles. The predicted molar refractivity (Wildman–Crippen MR) is 132 cm³/mol. The third kappa shape index (κ3) is 5.91. The van der Waals surface area contributed by atoms with Crippen molar-refractivity contribution in [3.8, 4) is 22.9 Å². The van der Waals surface area contributed by atoms with Crippen LogP contribution in [0.2, 0.25) is 0 Å². The lowest BCUT2D eigenvalue weighted by Gasteiger charge is -2.33. The Hall–Kier alpha value is -3.30. The molecule has 2 atom stereocenters. The zero-order valence-electron chi connectivity index (χ0n) is 21.3. The average Bonchev–Trinajstić information content (AvgIpc) is 3.21. The van der Waals surface area contributed by atoms with Crippen LogP contribution in [0.4, 0.5) is 4.79 Å². The lowest BCUT2D eigenvalue weighted by Crippen LogP contribution is -2.41. The Morgan fingerprint density at radius 2 is 1.97 bits per heavy atom. The van der Waals surface area contributed by atoms with Gasteiger partial charge in [0.25, 0.3) is 5.88 Å². The van der Waals surface area contributed by atoms with E-state index in [2.05, 4.69) is 5.10 Å². The summed E-state index contributed by atoms with van der Waals surface area (Å²) in [7, 11) is 3.58. The van der Waals surface area contributed by atoms with Crippen molar-refractivity contribution in [2.24, 2.45) is 13.0 Å². The highest BCUT2D eigenvalue weighted by Crippen LogP contribution is 2.35. The van der Waals surface area contributed by atoms with Crippen LogP contribution in [0, 0.1) is 5.92 Å². The Labute approximate surface area is 211 Å². The molecule has 0 aromatic carbocycles.